The minimum absolute atomic E-state index is 0.0214. The highest BCUT2D eigenvalue weighted by Crippen LogP contribution is 2.39. The van der Waals surface area contributed by atoms with Crippen molar-refractivity contribution in [2.75, 3.05) is 11.9 Å². The van der Waals surface area contributed by atoms with Crippen molar-refractivity contribution in [2.24, 2.45) is 0 Å². The number of hydrogen-bond donors (Lipinski definition) is 1. The Labute approximate surface area is 166 Å². The Bertz CT molecular complexity index is 904. The van der Waals surface area contributed by atoms with Gasteiger partial charge in [0.1, 0.15) is 5.00 Å². The molecule has 0 saturated heterocycles. The van der Waals surface area contributed by atoms with Crippen LogP contribution in [0.25, 0.3) is 0 Å². The predicted molar refractivity (Wildman–Crippen MR) is 107 cm³/mol. The number of rotatable bonds is 6. The van der Waals surface area contributed by atoms with E-state index in [4.69, 9.17) is 4.74 Å². The van der Waals surface area contributed by atoms with E-state index in [0.29, 0.717) is 16.1 Å². The molecule has 2 aromatic rings. The van der Waals surface area contributed by atoms with Gasteiger partial charge in [0.05, 0.1) is 23.0 Å². The summed E-state index contributed by atoms with van der Waals surface area (Å²) in [5, 5.41) is 14.2. The molecule has 7 nitrogen and oxygen atoms in total. The second-order valence-electron chi connectivity index (χ2n) is 6.70. The van der Waals surface area contributed by atoms with E-state index in [2.05, 4.69) is 5.32 Å². The van der Waals surface area contributed by atoms with E-state index < -0.39 is 16.8 Å². The predicted octanol–water partition coefficient (Wildman–Crippen LogP) is 4.45. The average Bonchev–Trinajstić information content (AvgIpc) is 3.05. The highest BCUT2D eigenvalue weighted by atomic mass is 32.1. The van der Waals surface area contributed by atoms with E-state index in [1.165, 1.54) is 23.5 Å². The molecule has 28 heavy (non-hydrogen) atoms. The van der Waals surface area contributed by atoms with Crippen molar-refractivity contribution in [1.29, 1.82) is 0 Å². The second-order valence-corrected chi connectivity index (χ2v) is 7.80. The lowest BCUT2D eigenvalue weighted by atomic mass is 9.95. The Morgan fingerprint density at radius 3 is 2.57 bits per heavy atom. The van der Waals surface area contributed by atoms with Crippen molar-refractivity contribution in [3.63, 3.8) is 0 Å². The molecule has 0 saturated carbocycles. The van der Waals surface area contributed by atoms with Crippen LogP contribution >= 0.6 is 11.3 Å². The van der Waals surface area contributed by atoms with Crippen LogP contribution in [0.15, 0.2) is 24.3 Å². The highest BCUT2D eigenvalue weighted by Gasteiger charge is 2.28. The van der Waals surface area contributed by atoms with Crippen LogP contribution in [0.4, 0.5) is 10.7 Å². The maximum Gasteiger partial charge on any atom is 0.341 e. The van der Waals surface area contributed by atoms with Crippen LogP contribution in [0.1, 0.15) is 59.0 Å². The van der Waals surface area contributed by atoms with Gasteiger partial charge in [-0.15, -0.1) is 11.3 Å². The fourth-order valence-electron chi connectivity index (χ4n) is 3.33. The van der Waals surface area contributed by atoms with Gasteiger partial charge in [-0.25, -0.2) is 4.79 Å². The number of fused-ring (bicyclic) bond motifs is 1. The normalized spacial score (nSPS) is 14.1. The Hall–Kier alpha value is -2.74. The van der Waals surface area contributed by atoms with Gasteiger partial charge in [-0.05, 0) is 50.7 Å². The number of nitrogens with one attached hydrogen (secondary N) is 1. The van der Waals surface area contributed by atoms with Gasteiger partial charge >= 0.3 is 5.97 Å². The van der Waals surface area contributed by atoms with E-state index in [9.17, 15) is 19.7 Å². The van der Waals surface area contributed by atoms with Crippen LogP contribution in [-0.2, 0) is 22.4 Å². The molecule has 0 spiro atoms. The summed E-state index contributed by atoms with van der Waals surface area (Å²) in [6, 6.07) is 5.92. The summed E-state index contributed by atoms with van der Waals surface area (Å²) < 4.78 is 5.21. The fraction of sp³-hybridized carbons (Fsp3) is 0.400. The molecule has 0 unspecified atom stereocenters. The third kappa shape index (κ3) is 4.06. The van der Waals surface area contributed by atoms with E-state index >= 15 is 0 Å². The molecule has 0 fully saturated rings. The topological polar surface area (TPSA) is 98.5 Å². The van der Waals surface area contributed by atoms with Crippen molar-refractivity contribution in [1.82, 2.24) is 0 Å². The third-order valence-corrected chi connectivity index (χ3v) is 6.09. The van der Waals surface area contributed by atoms with Crippen LogP contribution < -0.4 is 5.32 Å². The zero-order valence-corrected chi connectivity index (χ0v) is 16.6. The van der Waals surface area contributed by atoms with Gasteiger partial charge in [0.2, 0.25) is 5.91 Å². The highest BCUT2D eigenvalue weighted by molar-refractivity contribution is 7.17. The van der Waals surface area contributed by atoms with Crippen molar-refractivity contribution in [3.05, 3.63) is 55.9 Å². The number of amides is 1. The summed E-state index contributed by atoms with van der Waals surface area (Å²) in [6.07, 6.45) is 3.80. The Morgan fingerprint density at radius 2 is 1.93 bits per heavy atom. The lowest BCUT2D eigenvalue weighted by molar-refractivity contribution is -0.384. The summed E-state index contributed by atoms with van der Waals surface area (Å²) in [6.45, 7) is 3.76. The number of hydrogen-bond acceptors (Lipinski definition) is 6. The molecule has 1 amide bonds. The number of anilines is 1. The zero-order chi connectivity index (χ0) is 20.3. The summed E-state index contributed by atoms with van der Waals surface area (Å²) in [5.41, 5.74) is 2.12. The first-order valence-corrected chi connectivity index (χ1v) is 10.1. The van der Waals surface area contributed by atoms with Crippen LogP contribution in [0.3, 0.4) is 0 Å². The molecule has 1 atom stereocenters. The molecule has 0 radical (unpaired) electrons. The van der Waals surface area contributed by atoms with Crippen molar-refractivity contribution in [2.45, 2.75) is 45.4 Å². The van der Waals surface area contributed by atoms with E-state index in [0.717, 1.165) is 36.1 Å². The van der Waals surface area contributed by atoms with Gasteiger partial charge in [0, 0.05) is 17.0 Å². The van der Waals surface area contributed by atoms with Gasteiger partial charge in [0.15, 0.2) is 0 Å². The second kappa shape index (κ2) is 8.52. The lowest BCUT2D eigenvalue weighted by Crippen LogP contribution is -2.20. The molecule has 1 aromatic heterocycles. The van der Waals surface area contributed by atoms with Gasteiger partial charge < -0.3 is 10.1 Å². The van der Waals surface area contributed by atoms with E-state index in [1.807, 2.05) is 0 Å². The molecular formula is C20H22N2O5S. The van der Waals surface area contributed by atoms with Crippen molar-refractivity contribution in [3.8, 4) is 0 Å². The molecule has 148 valence electrons. The number of nitro groups is 1. The number of esters is 1. The van der Waals surface area contributed by atoms with Gasteiger partial charge in [0.25, 0.3) is 5.69 Å². The Kier molecular flexibility index (Phi) is 6.08. The number of aryl methyl sites for hydroxylation is 1. The van der Waals surface area contributed by atoms with Crippen molar-refractivity contribution < 1.29 is 19.2 Å². The van der Waals surface area contributed by atoms with Crippen LogP contribution in [-0.4, -0.2) is 23.4 Å². The first kappa shape index (κ1) is 20.0. The number of carbonyl (C=O) groups is 2. The van der Waals surface area contributed by atoms with Crippen molar-refractivity contribution >= 4 is 33.9 Å². The largest absolute Gasteiger partial charge is 0.462 e. The number of nitrogens with zero attached hydrogens (tertiary/aromatic N) is 1. The number of non-ortho nitro benzene ring substituents is 1. The van der Waals surface area contributed by atoms with Crippen LogP contribution in [0.5, 0.6) is 0 Å². The van der Waals surface area contributed by atoms with Gasteiger partial charge in [-0.2, -0.15) is 0 Å². The number of carbonyl (C=O) groups excluding carboxylic acids is 2. The standard InChI is InChI=1S/C20H22N2O5S/c1-3-27-20(24)17-15-6-4-5-7-16(15)28-19(17)21-18(23)12(2)13-8-10-14(11-9-13)22(25)26/h8-12H,3-7H2,1-2H3,(H,21,23)/t12-/m1/s1. The van der Waals surface area contributed by atoms with Crippen LogP contribution in [0.2, 0.25) is 0 Å². The zero-order valence-electron chi connectivity index (χ0n) is 15.8. The number of nitro benzene ring substituents is 1. The lowest BCUT2D eigenvalue weighted by Gasteiger charge is -2.14. The number of benzene rings is 1. The molecule has 8 heteroatoms. The van der Waals surface area contributed by atoms with Gasteiger partial charge in [-0.3, -0.25) is 14.9 Å². The Morgan fingerprint density at radius 1 is 1.25 bits per heavy atom. The summed E-state index contributed by atoms with van der Waals surface area (Å²) >= 11 is 1.44. The molecule has 1 aromatic carbocycles. The number of ether oxygens (including phenoxy) is 1. The van der Waals surface area contributed by atoms with Gasteiger partial charge in [-0.1, -0.05) is 12.1 Å². The minimum atomic E-state index is -0.519. The van der Waals surface area contributed by atoms with Crippen LogP contribution in [0, 0.1) is 10.1 Å². The number of thiophene rings is 1. The minimum Gasteiger partial charge on any atom is -0.462 e. The Balaban J connectivity index is 1.84. The summed E-state index contributed by atoms with van der Waals surface area (Å²) in [5.74, 6) is -1.19. The average molecular weight is 402 g/mol. The molecule has 0 bridgehead atoms. The molecule has 1 aliphatic rings. The molecule has 1 aliphatic carbocycles. The molecule has 1 heterocycles. The quantitative estimate of drug-likeness (QED) is 0.437. The molecule has 1 N–H and O–H groups in total. The fourth-order valence-corrected chi connectivity index (χ4v) is 4.61. The molecule has 0 aliphatic heterocycles. The molecular weight excluding hydrogens is 380 g/mol. The van der Waals surface area contributed by atoms with E-state index in [1.54, 1.807) is 26.0 Å². The summed E-state index contributed by atoms with van der Waals surface area (Å²) in [7, 11) is 0. The maximum absolute atomic E-state index is 12.8. The molecule has 3 rings (SSSR count). The van der Waals surface area contributed by atoms with E-state index in [-0.39, 0.29) is 18.2 Å². The first-order chi connectivity index (χ1) is 13.4. The maximum atomic E-state index is 12.8. The first-order valence-electron chi connectivity index (χ1n) is 9.29. The third-order valence-electron chi connectivity index (χ3n) is 4.88. The summed E-state index contributed by atoms with van der Waals surface area (Å²) in [4.78, 5) is 36.7. The monoisotopic (exact) mass is 402 g/mol. The SMILES string of the molecule is CCOC(=O)c1c(NC(=O)[C@H](C)c2ccc([N+](=O)[O-])cc2)sc2c1CCCC2. The smallest absolute Gasteiger partial charge is 0.341 e.